The molecule has 0 amide bonds. The van der Waals surface area contributed by atoms with Crippen LogP contribution < -0.4 is 21.1 Å². The SMILES string of the molecule is CN(C)c1ccc2cc(/C=C/C3=CC(=C(C#N)C#N)C=C(/C=C/c4cc5ccc(N(c6ccc(Cl)cc6)c6ccc(Cl)cc6)cc5oc4=O)O3)c(=O)oc2c1. The third-order valence-corrected chi connectivity index (χ3v) is 9.14. The van der Waals surface area contributed by atoms with Gasteiger partial charge in [-0.1, -0.05) is 23.2 Å². The normalized spacial score (nSPS) is 12.7. The lowest BCUT2D eigenvalue weighted by Gasteiger charge is -2.25. The highest BCUT2D eigenvalue weighted by atomic mass is 35.5. The molecule has 11 heteroatoms. The number of nitriles is 2. The van der Waals surface area contributed by atoms with Gasteiger partial charge in [0.25, 0.3) is 0 Å². The molecule has 0 spiro atoms. The van der Waals surface area contributed by atoms with Crippen molar-refractivity contribution in [1.82, 2.24) is 0 Å². The third-order valence-electron chi connectivity index (χ3n) is 8.64. The topological polar surface area (TPSA) is 124 Å². The summed E-state index contributed by atoms with van der Waals surface area (Å²) in [6.45, 7) is 0. The average Bonchev–Trinajstić information content (AvgIpc) is 3.18. The second kappa shape index (κ2) is 15.5. The van der Waals surface area contributed by atoms with Crippen LogP contribution in [0.5, 0.6) is 0 Å². The number of fused-ring (bicyclic) bond motifs is 2. The molecule has 268 valence electrons. The smallest absolute Gasteiger partial charge is 0.343 e. The number of hydrogen-bond acceptors (Lipinski definition) is 9. The van der Waals surface area contributed by atoms with E-state index < -0.39 is 11.3 Å². The third kappa shape index (κ3) is 8.00. The Morgan fingerprint density at radius 3 is 1.49 bits per heavy atom. The lowest BCUT2D eigenvalue weighted by molar-refractivity contribution is 0.332. The quantitative estimate of drug-likeness (QED) is 0.110. The van der Waals surface area contributed by atoms with E-state index in [1.807, 2.05) is 84.6 Å². The molecule has 7 rings (SSSR count). The molecule has 0 saturated carbocycles. The Morgan fingerprint density at radius 2 is 1.04 bits per heavy atom. The summed E-state index contributed by atoms with van der Waals surface area (Å²) in [6.07, 6.45) is 9.17. The fourth-order valence-electron chi connectivity index (χ4n) is 5.86. The molecular formula is C44H28Cl2N4O5. The molecule has 2 aromatic heterocycles. The van der Waals surface area contributed by atoms with Gasteiger partial charge in [0, 0.05) is 75.4 Å². The molecule has 0 radical (unpaired) electrons. The Balaban J connectivity index is 1.18. The van der Waals surface area contributed by atoms with Crippen molar-refractivity contribution in [3.05, 3.63) is 186 Å². The van der Waals surface area contributed by atoms with Gasteiger partial charge in [-0.2, -0.15) is 10.5 Å². The van der Waals surface area contributed by atoms with Crippen LogP contribution in [0.15, 0.2) is 162 Å². The van der Waals surface area contributed by atoms with E-state index >= 15 is 0 Å². The Morgan fingerprint density at radius 1 is 0.600 bits per heavy atom. The number of ether oxygens (including phenoxy) is 1. The first-order chi connectivity index (χ1) is 26.6. The van der Waals surface area contributed by atoms with Crippen molar-refractivity contribution in [2.45, 2.75) is 0 Å². The fourth-order valence-corrected chi connectivity index (χ4v) is 6.11. The maximum atomic E-state index is 13.3. The van der Waals surface area contributed by atoms with Crippen molar-refractivity contribution in [3.63, 3.8) is 0 Å². The van der Waals surface area contributed by atoms with Gasteiger partial charge < -0.3 is 23.4 Å². The zero-order valence-electron chi connectivity index (χ0n) is 29.3. The van der Waals surface area contributed by atoms with Crippen molar-refractivity contribution in [3.8, 4) is 12.1 Å². The highest BCUT2D eigenvalue weighted by Gasteiger charge is 2.16. The molecule has 0 unspecified atom stereocenters. The number of rotatable bonds is 8. The zero-order valence-corrected chi connectivity index (χ0v) is 30.8. The highest BCUT2D eigenvalue weighted by molar-refractivity contribution is 6.31. The molecule has 55 heavy (non-hydrogen) atoms. The van der Waals surface area contributed by atoms with Gasteiger partial charge in [-0.05, 0) is 121 Å². The number of allylic oxidation sites excluding steroid dienone is 6. The minimum Gasteiger partial charge on any atom is -0.457 e. The van der Waals surface area contributed by atoms with Crippen LogP contribution >= 0.6 is 23.2 Å². The van der Waals surface area contributed by atoms with Gasteiger partial charge in [-0.15, -0.1) is 0 Å². The summed E-state index contributed by atoms with van der Waals surface area (Å²) < 4.78 is 17.4. The number of hydrogen-bond donors (Lipinski definition) is 0. The zero-order chi connectivity index (χ0) is 38.6. The lowest BCUT2D eigenvalue weighted by Crippen LogP contribution is -2.10. The number of halogens is 2. The summed E-state index contributed by atoms with van der Waals surface area (Å²) in [7, 11) is 3.79. The Hall–Kier alpha value is -7.04. The van der Waals surface area contributed by atoms with E-state index in [9.17, 15) is 20.1 Å². The Labute approximate surface area is 325 Å². The van der Waals surface area contributed by atoms with Crippen LogP contribution in [0.25, 0.3) is 34.1 Å². The van der Waals surface area contributed by atoms with Crippen LogP contribution in [-0.4, -0.2) is 14.1 Å². The van der Waals surface area contributed by atoms with Crippen molar-refractivity contribution < 1.29 is 13.6 Å². The van der Waals surface area contributed by atoms with Gasteiger partial charge in [0.2, 0.25) is 0 Å². The molecule has 0 saturated heterocycles. The van der Waals surface area contributed by atoms with E-state index in [1.165, 1.54) is 30.4 Å². The molecule has 0 aliphatic carbocycles. The molecule has 1 aliphatic heterocycles. The standard InChI is InChI=1S/C44H28Cl2N4O5/c1-49(2)37-11-3-27-19-29(43(51)54-41(27)23-37)5-17-39-21-31(32(25-47)26-48)22-40(53-39)18-6-30-20-28-4-12-38(24-42(28)55-44(30)52)50(35-13-7-33(45)8-14-35)36-15-9-34(46)10-16-36/h3-24H,1-2H3/b17-5+,18-6+. The Kier molecular flexibility index (Phi) is 10.2. The summed E-state index contributed by atoms with van der Waals surface area (Å²) in [6, 6.07) is 33.1. The summed E-state index contributed by atoms with van der Waals surface area (Å²) >= 11 is 12.3. The fraction of sp³-hybridized carbons (Fsp3) is 0.0455. The second-order valence-electron chi connectivity index (χ2n) is 12.5. The van der Waals surface area contributed by atoms with Crippen LogP contribution in [0.4, 0.5) is 22.7 Å². The monoisotopic (exact) mass is 762 g/mol. The molecule has 0 fully saturated rings. The van der Waals surface area contributed by atoms with Gasteiger partial charge >= 0.3 is 11.3 Å². The van der Waals surface area contributed by atoms with Gasteiger partial charge in [-0.25, -0.2) is 9.59 Å². The van der Waals surface area contributed by atoms with E-state index in [-0.39, 0.29) is 28.2 Å². The first kappa shape index (κ1) is 36.3. The van der Waals surface area contributed by atoms with Crippen LogP contribution in [0, 0.1) is 22.7 Å². The molecule has 9 nitrogen and oxygen atoms in total. The van der Waals surface area contributed by atoms with Crippen LogP contribution in [-0.2, 0) is 4.74 Å². The number of benzene rings is 4. The molecule has 4 aromatic carbocycles. The maximum absolute atomic E-state index is 13.3. The van der Waals surface area contributed by atoms with E-state index in [0.29, 0.717) is 32.2 Å². The largest absolute Gasteiger partial charge is 0.457 e. The molecule has 0 N–H and O–H groups in total. The molecule has 6 aromatic rings. The Bertz CT molecular complexity index is 2790. The average molecular weight is 764 g/mol. The van der Waals surface area contributed by atoms with E-state index in [2.05, 4.69) is 0 Å². The first-order valence-electron chi connectivity index (χ1n) is 16.7. The van der Waals surface area contributed by atoms with Crippen LogP contribution in [0.3, 0.4) is 0 Å². The highest BCUT2D eigenvalue weighted by Crippen LogP contribution is 2.37. The first-order valence-corrected chi connectivity index (χ1v) is 17.5. The number of anilines is 4. The molecular weight excluding hydrogens is 735 g/mol. The molecule has 0 atom stereocenters. The number of nitrogens with zero attached hydrogens (tertiary/aromatic N) is 4. The summed E-state index contributed by atoms with van der Waals surface area (Å²) in [4.78, 5) is 30.0. The van der Waals surface area contributed by atoms with Crippen molar-refractivity contribution in [2.24, 2.45) is 0 Å². The van der Waals surface area contributed by atoms with Crippen molar-refractivity contribution in [2.75, 3.05) is 23.9 Å². The van der Waals surface area contributed by atoms with E-state index in [1.54, 1.807) is 54.6 Å². The maximum Gasteiger partial charge on any atom is 0.343 e. The summed E-state index contributed by atoms with van der Waals surface area (Å²) in [5, 5.41) is 21.8. The predicted octanol–water partition coefficient (Wildman–Crippen LogP) is 10.6. The second-order valence-corrected chi connectivity index (χ2v) is 13.4. The van der Waals surface area contributed by atoms with Gasteiger partial charge in [0.05, 0.1) is 11.1 Å². The van der Waals surface area contributed by atoms with Crippen LogP contribution in [0.2, 0.25) is 10.0 Å². The minimum absolute atomic E-state index is 0.144. The molecule has 0 bridgehead atoms. The van der Waals surface area contributed by atoms with Gasteiger partial charge in [-0.3, -0.25) is 0 Å². The van der Waals surface area contributed by atoms with Crippen molar-refractivity contribution >= 4 is 80.0 Å². The van der Waals surface area contributed by atoms with E-state index in [0.717, 1.165) is 28.1 Å². The molecule has 3 heterocycles. The summed E-state index contributed by atoms with van der Waals surface area (Å²) in [5.74, 6) is 0.477. The minimum atomic E-state index is -0.594. The van der Waals surface area contributed by atoms with Crippen molar-refractivity contribution in [1.29, 1.82) is 10.5 Å². The molecule has 1 aliphatic rings. The predicted molar refractivity (Wildman–Crippen MR) is 218 cm³/mol. The van der Waals surface area contributed by atoms with Gasteiger partial charge in [0.1, 0.15) is 40.4 Å². The summed E-state index contributed by atoms with van der Waals surface area (Å²) in [5.41, 5.74) is 3.63. The van der Waals surface area contributed by atoms with Crippen LogP contribution in [0.1, 0.15) is 11.1 Å². The van der Waals surface area contributed by atoms with E-state index in [4.69, 9.17) is 36.8 Å². The lowest BCUT2D eigenvalue weighted by atomic mass is 10.1. The van der Waals surface area contributed by atoms with Gasteiger partial charge in [0.15, 0.2) is 0 Å².